The molecular formula is C16H20N2O2. The third-order valence-electron chi connectivity index (χ3n) is 2.93. The molecule has 4 heteroatoms. The lowest BCUT2D eigenvalue weighted by Gasteiger charge is -2.13. The molecule has 0 aliphatic rings. The molecule has 2 rings (SSSR count). The van der Waals surface area contributed by atoms with E-state index in [2.05, 4.69) is 17.2 Å². The quantitative estimate of drug-likeness (QED) is 0.841. The molecule has 0 spiro atoms. The molecule has 1 N–H and O–H groups in total. The summed E-state index contributed by atoms with van der Waals surface area (Å²) in [6, 6.07) is 11.6. The van der Waals surface area contributed by atoms with Crippen LogP contribution < -0.4 is 14.8 Å². The van der Waals surface area contributed by atoms with E-state index in [-0.39, 0.29) is 0 Å². The first-order valence-electron chi connectivity index (χ1n) is 6.74. The molecule has 0 aliphatic heterocycles. The lowest BCUT2D eigenvalue weighted by Crippen LogP contribution is -2.13. The second-order valence-electron chi connectivity index (χ2n) is 4.36. The number of ether oxygens (including phenoxy) is 2. The average Bonchev–Trinajstić information content (AvgIpc) is 2.52. The van der Waals surface area contributed by atoms with Gasteiger partial charge in [-0.2, -0.15) is 0 Å². The number of nitrogens with zero attached hydrogens (tertiary/aromatic N) is 1. The lowest BCUT2D eigenvalue weighted by atomic mass is 10.2. The fourth-order valence-electron chi connectivity index (χ4n) is 1.86. The molecule has 0 saturated carbocycles. The normalized spacial score (nSPS) is 10.3. The molecule has 0 saturated heterocycles. The highest BCUT2D eigenvalue weighted by Crippen LogP contribution is 2.24. The highest BCUT2D eigenvalue weighted by atomic mass is 16.5. The number of methoxy groups -OCH3 is 1. The van der Waals surface area contributed by atoms with Gasteiger partial charge in [-0.1, -0.05) is 13.0 Å². The minimum atomic E-state index is 0.465. The van der Waals surface area contributed by atoms with E-state index in [1.807, 2.05) is 36.4 Å². The van der Waals surface area contributed by atoms with Crippen molar-refractivity contribution in [2.24, 2.45) is 0 Å². The van der Waals surface area contributed by atoms with Crippen LogP contribution in [0, 0.1) is 0 Å². The van der Waals surface area contributed by atoms with Gasteiger partial charge >= 0.3 is 0 Å². The van der Waals surface area contributed by atoms with Crippen LogP contribution in [0.3, 0.4) is 0 Å². The largest absolute Gasteiger partial charge is 0.497 e. The van der Waals surface area contributed by atoms with Gasteiger partial charge in [-0.25, -0.2) is 0 Å². The zero-order valence-corrected chi connectivity index (χ0v) is 11.9. The Labute approximate surface area is 119 Å². The Balaban J connectivity index is 2.09. The Morgan fingerprint density at radius 3 is 2.80 bits per heavy atom. The fraction of sp³-hybridized carbons (Fsp3) is 0.312. The summed E-state index contributed by atoms with van der Waals surface area (Å²) >= 11 is 0. The van der Waals surface area contributed by atoms with E-state index in [0.717, 1.165) is 35.8 Å². The van der Waals surface area contributed by atoms with Gasteiger partial charge in [-0.05, 0) is 36.9 Å². The summed E-state index contributed by atoms with van der Waals surface area (Å²) in [6.45, 7) is 4.21. The van der Waals surface area contributed by atoms with Crippen LogP contribution in [0.15, 0.2) is 42.6 Å². The summed E-state index contributed by atoms with van der Waals surface area (Å²) in [5.41, 5.74) is 2.00. The van der Waals surface area contributed by atoms with Gasteiger partial charge in [0.2, 0.25) is 0 Å². The monoisotopic (exact) mass is 272 g/mol. The van der Waals surface area contributed by atoms with Crippen LogP contribution in [0.1, 0.15) is 18.2 Å². The predicted octanol–water partition coefficient (Wildman–Crippen LogP) is 2.78. The highest BCUT2D eigenvalue weighted by Gasteiger charge is 2.06. The molecule has 1 aromatic heterocycles. The van der Waals surface area contributed by atoms with E-state index in [0.29, 0.717) is 6.61 Å². The molecule has 20 heavy (non-hydrogen) atoms. The Hall–Kier alpha value is -2.07. The van der Waals surface area contributed by atoms with Crippen molar-refractivity contribution in [3.63, 3.8) is 0 Å². The van der Waals surface area contributed by atoms with Gasteiger partial charge in [0, 0.05) is 18.3 Å². The number of aromatic nitrogens is 1. The van der Waals surface area contributed by atoms with E-state index >= 15 is 0 Å². The fourth-order valence-corrected chi connectivity index (χ4v) is 1.86. The number of hydrogen-bond donors (Lipinski definition) is 1. The lowest BCUT2D eigenvalue weighted by molar-refractivity contribution is 0.296. The van der Waals surface area contributed by atoms with Crippen molar-refractivity contribution in [3.05, 3.63) is 53.9 Å². The summed E-state index contributed by atoms with van der Waals surface area (Å²) in [4.78, 5) is 4.25. The molecule has 1 aromatic carbocycles. The zero-order valence-electron chi connectivity index (χ0n) is 11.9. The smallest absolute Gasteiger partial charge is 0.130 e. The molecule has 0 amide bonds. The van der Waals surface area contributed by atoms with Crippen LogP contribution in [-0.2, 0) is 13.2 Å². The number of nitrogens with one attached hydrogen (secondary N) is 1. The molecule has 0 fully saturated rings. The van der Waals surface area contributed by atoms with E-state index < -0.39 is 0 Å². The van der Waals surface area contributed by atoms with Crippen LogP contribution >= 0.6 is 0 Å². The third kappa shape index (κ3) is 3.96. The molecule has 0 bridgehead atoms. The van der Waals surface area contributed by atoms with Crippen LogP contribution in [-0.4, -0.2) is 18.6 Å². The first kappa shape index (κ1) is 14.3. The van der Waals surface area contributed by atoms with Gasteiger partial charge in [-0.3, -0.25) is 4.98 Å². The maximum atomic E-state index is 5.86. The number of pyridine rings is 1. The summed E-state index contributed by atoms with van der Waals surface area (Å²) in [5.74, 6) is 1.69. The maximum absolute atomic E-state index is 5.86. The van der Waals surface area contributed by atoms with Crippen molar-refractivity contribution in [3.8, 4) is 11.5 Å². The van der Waals surface area contributed by atoms with Crippen LogP contribution in [0.2, 0.25) is 0 Å². The Morgan fingerprint density at radius 2 is 2.10 bits per heavy atom. The SMILES string of the molecule is CCNCc1cc(OC)ccc1OCc1ccccn1. The summed E-state index contributed by atoms with van der Waals surface area (Å²) < 4.78 is 11.1. The van der Waals surface area contributed by atoms with Crippen LogP contribution in [0.25, 0.3) is 0 Å². The van der Waals surface area contributed by atoms with E-state index in [1.165, 1.54) is 0 Å². The molecule has 0 radical (unpaired) electrons. The number of hydrogen-bond acceptors (Lipinski definition) is 4. The summed E-state index contributed by atoms with van der Waals surface area (Å²) in [7, 11) is 1.67. The molecule has 0 unspecified atom stereocenters. The van der Waals surface area contributed by atoms with Crippen molar-refractivity contribution in [1.82, 2.24) is 10.3 Å². The van der Waals surface area contributed by atoms with Crippen molar-refractivity contribution in [1.29, 1.82) is 0 Å². The standard InChI is InChI=1S/C16H20N2O2/c1-3-17-11-13-10-15(19-2)7-8-16(13)20-12-14-6-4-5-9-18-14/h4-10,17H,3,11-12H2,1-2H3. The Morgan fingerprint density at radius 1 is 1.20 bits per heavy atom. The molecule has 0 aliphatic carbocycles. The number of rotatable bonds is 7. The van der Waals surface area contributed by atoms with Gasteiger partial charge in [0.15, 0.2) is 0 Å². The van der Waals surface area contributed by atoms with Gasteiger partial charge < -0.3 is 14.8 Å². The summed E-state index contributed by atoms with van der Waals surface area (Å²) in [5, 5.41) is 3.30. The van der Waals surface area contributed by atoms with Gasteiger partial charge in [0.1, 0.15) is 18.1 Å². The van der Waals surface area contributed by atoms with Gasteiger partial charge in [0.25, 0.3) is 0 Å². The summed E-state index contributed by atoms with van der Waals surface area (Å²) in [6.07, 6.45) is 1.77. The highest BCUT2D eigenvalue weighted by molar-refractivity contribution is 5.40. The molecule has 2 aromatic rings. The first-order chi connectivity index (χ1) is 9.83. The van der Waals surface area contributed by atoms with E-state index in [1.54, 1.807) is 13.3 Å². The van der Waals surface area contributed by atoms with Crippen molar-refractivity contribution in [2.75, 3.05) is 13.7 Å². The second-order valence-corrected chi connectivity index (χ2v) is 4.36. The second kappa shape index (κ2) is 7.50. The molecule has 1 heterocycles. The molecule has 4 nitrogen and oxygen atoms in total. The average molecular weight is 272 g/mol. The molecule has 106 valence electrons. The number of benzene rings is 1. The van der Waals surface area contributed by atoms with Gasteiger partial charge in [0.05, 0.1) is 12.8 Å². The predicted molar refractivity (Wildman–Crippen MR) is 78.9 cm³/mol. The Kier molecular flexibility index (Phi) is 5.38. The van der Waals surface area contributed by atoms with Gasteiger partial charge in [-0.15, -0.1) is 0 Å². The van der Waals surface area contributed by atoms with Crippen molar-refractivity contribution < 1.29 is 9.47 Å². The van der Waals surface area contributed by atoms with Crippen molar-refractivity contribution in [2.45, 2.75) is 20.1 Å². The molecule has 0 atom stereocenters. The van der Waals surface area contributed by atoms with Crippen LogP contribution in [0.4, 0.5) is 0 Å². The van der Waals surface area contributed by atoms with Crippen LogP contribution in [0.5, 0.6) is 11.5 Å². The maximum Gasteiger partial charge on any atom is 0.130 e. The van der Waals surface area contributed by atoms with Crippen molar-refractivity contribution >= 4 is 0 Å². The minimum absolute atomic E-state index is 0.465. The molecular weight excluding hydrogens is 252 g/mol. The topological polar surface area (TPSA) is 43.4 Å². The zero-order chi connectivity index (χ0) is 14.2. The van der Waals surface area contributed by atoms with E-state index in [4.69, 9.17) is 9.47 Å². The minimum Gasteiger partial charge on any atom is -0.497 e. The Bertz CT molecular complexity index is 529. The first-order valence-corrected chi connectivity index (χ1v) is 6.74. The third-order valence-corrected chi connectivity index (χ3v) is 2.93. The van der Waals surface area contributed by atoms with E-state index in [9.17, 15) is 0 Å².